The van der Waals surface area contributed by atoms with Crippen LogP contribution in [0.5, 0.6) is 0 Å². The third-order valence-corrected chi connectivity index (χ3v) is 3.79. The number of hydrogen-bond acceptors (Lipinski definition) is 3. The molecule has 0 aliphatic carbocycles. The number of nitro benzene ring substituents is 1. The van der Waals surface area contributed by atoms with Crippen LogP contribution in [0.25, 0.3) is 0 Å². The summed E-state index contributed by atoms with van der Waals surface area (Å²) in [4.78, 5) is 10.5. The lowest BCUT2D eigenvalue weighted by Crippen LogP contribution is -2.04. The fourth-order valence-corrected chi connectivity index (χ4v) is 3.28. The van der Waals surface area contributed by atoms with Crippen LogP contribution >= 0.6 is 31.9 Å². The van der Waals surface area contributed by atoms with E-state index < -0.39 is 11.0 Å². The summed E-state index contributed by atoms with van der Waals surface area (Å²) in [5, 5.41) is 21.2. The first kappa shape index (κ1) is 15.2. The maximum Gasteiger partial charge on any atom is 0.272 e. The van der Waals surface area contributed by atoms with Gasteiger partial charge in [0.15, 0.2) is 0 Å². The molecule has 104 valence electrons. The van der Waals surface area contributed by atoms with E-state index in [9.17, 15) is 15.2 Å². The van der Waals surface area contributed by atoms with Crippen molar-refractivity contribution in [3.8, 4) is 0 Å². The van der Waals surface area contributed by atoms with Crippen molar-refractivity contribution < 1.29 is 10.0 Å². The third kappa shape index (κ3) is 3.65. The first-order chi connectivity index (χ1) is 9.47. The molecule has 6 heteroatoms. The van der Waals surface area contributed by atoms with Crippen molar-refractivity contribution in [1.82, 2.24) is 0 Å². The Hall–Kier alpha value is -1.24. The van der Waals surface area contributed by atoms with Crippen LogP contribution in [0.4, 0.5) is 5.69 Å². The quantitative estimate of drug-likeness (QED) is 0.611. The molecule has 0 spiro atoms. The molecule has 2 rings (SSSR count). The molecule has 1 unspecified atom stereocenters. The lowest BCUT2D eigenvalue weighted by molar-refractivity contribution is -0.385. The van der Waals surface area contributed by atoms with Crippen LogP contribution < -0.4 is 0 Å². The molecule has 0 radical (unpaired) electrons. The second-order valence-electron chi connectivity index (χ2n) is 4.31. The monoisotopic (exact) mass is 399 g/mol. The van der Waals surface area contributed by atoms with E-state index in [2.05, 4.69) is 31.9 Å². The minimum Gasteiger partial charge on any atom is -0.388 e. The number of para-hydroxylation sites is 1. The molecule has 0 amide bonds. The second kappa shape index (κ2) is 6.47. The zero-order valence-electron chi connectivity index (χ0n) is 10.3. The third-order valence-electron chi connectivity index (χ3n) is 2.87. The van der Waals surface area contributed by atoms with Crippen molar-refractivity contribution in [2.45, 2.75) is 12.5 Å². The standard InChI is InChI=1S/C14H11Br2NO3/c15-11-5-10(6-12(16)8-11)14(18)7-9-3-1-2-4-13(9)17(19)20/h1-6,8,14,18H,7H2. The van der Waals surface area contributed by atoms with Crippen LogP contribution in [-0.2, 0) is 6.42 Å². The van der Waals surface area contributed by atoms with Crippen LogP contribution in [-0.4, -0.2) is 10.0 Å². The second-order valence-corrected chi connectivity index (χ2v) is 6.14. The van der Waals surface area contributed by atoms with Crippen LogP contribution in [0.15, 0.2) is 51.4 Å². The molecule has 0 saturated heterocycles. The summed E-state index contributed by atoms with van der Waals surface area (Å²) >= 11 is 6.71. The van der Waals surface area contributed by atoms with E-state index in [4.69, 9.17) is 0 Å². The minimum absolute atomic E-state index is 0.0283. The van der Waals surface area contributed by atoms with Crippen molar-refractivity contribution in [1.29, 1.82) is 0 Å². The van der Waals surface area contributed by atoms with Gasteiger partial charge in [0.1, 0.15) is 0 Å². The molecule has 1 atom stereocenters. The molecular weight excluding hydrogens is 390 g/mol. The molecule has 0 saturated carbocycles. The molecule has 0 heterocycles. The van der Waals surface area contributed by atoms with Crippen molar-refractivity contribution in [2.24, 2.45) is 0 Å². The average molecular weight is 401 g/mol. The summed E-state index contributed by atoms with van der Waals surface area (Å²) in [7, 11) is 0. The van der Waals surface area contributed by atoms with Gasteiger partial charge in [0, 0.05) is 27.0 Å². The molecule has 2 aromatic carbocycles. The fraction of sp³-hybridized carbons (Fsp3) is 0.143. The zero-order valence-corrected chi connectivity index (χ0v) is 13.5. The van der Waals surface area contributed by atoms with Crippen molar-refractivity contribution in [3.63, 3.8) is 0 Å². The molecule has 2 aromatic rings. The Labute approximate surface area is 132 Å². The van der Waals surface area contributed by atoms with Gasteiger partial charge in [-0.25, -0.2) is 0 Å². The lowest BCUT2D eigenvalue weighted by atomic mass is 10.0. The minimum atomic E-state index is -0.801. The highest BCUT2D eigenvalue weighted by Crippen LogP contribution is 2.28. The molecule has 0 fully saturated rings. The zero-order chi connectivity index (χ0) is 14.7. The Balaban J connectivity index is 2.28. The molecule has 0 aromatic heterocycles. The number of benzene rings is 2. The highest BCUT2D eigenvalue weighted by atomic mass is 79.9. The molecule has 0 bridgehead atoms. The summed E-state index contributed by atoms with van der Waals surface area (Å²) in [6.45, 7) is 0. The Morgan fingerprint density at radius 3 is 2.35 bits per heavy atom. The normalized spacial score (nSPS) is 12.2. The highest BCUT2D eigenvalue weighted by molar-refractivity contribution is 9.11. The van der Waals surface area contributed by atoms with Crippen molar-refractivity contribution in [2.75, 3.05) is 0 Å². The highest BCUT2D eigenvalue weighted by Gasteiger charge is 2.17. The molecule has 0 aliphatic heterocycles. The number of halogens is 2. The van der Waals surface area contributed by atoms with Crippen molar-refractivity contribution in [3.05, 3.63) is 72.7 Å². The topological polar surface area (TPSA) is 63.4 Å². The lowest BCUT2D eigenvalue weighted by Gasteiger charge is -2.12. The van der Waals surface area contributed by atoms with Crippen molar-refractivity contribution >= 4 is 37.5 Å². The Morgan fingerprint density at radius 1 is 1.15 bits per heavy atom. The van der Waals surface area contributed by atoms with Gasteiger partial charge in [0.25, 0.3) is 5.69 Å². The summed E-state index contributed by atoms with van der Waals surface area (Å²) in [6, 6.07) is 11.9. The van der Waals surface area contributed by atoms with E-state index >= 15 is 0 Å². The predicted molar refractivity (Wildman–Crippen MR) is 83.6 cm³/mol. The number of aliphatic hydroxyl groups is 1. The fourth-order valence-electron chi connectivity index (χ4n) is 1.96. The van der Waals surface area contributed by atoms with Gasteiger partial charge in [-0.05, 0) is 23.8 Å². The van der Waals surface area contributed by atoms with E-state index in [0.29, 0.717) is 11.1 Å². The van der Waals surface area contributed by atoms with E-state index in [-0.39, 0.29) is 12.1 Å². The molecule has 0 aliphatic rings. The Morgan fingerprint density at radius 2 is 1.75 bits per heavy atom. The maximum atomic E-state index is 11.0. The van der Waals surface area contributed by atoms with Gasteiger partial charge in [-0.1, -0.05) is 50.1 Å². The van der Waals surface area contributed by atoms with Gasteiger partial charge in [-0.3, -0.25) is 10.1 Å². The van der Waals surface area contributed by atoms with Crippen LogP contribution in [0, 0.1) is 10.1 Å². The maximum absolute atomic E-state index is 11.0. The van der Waals surface area contributed by atoms with Gasteiger partial charge in [0.2, 0.25) is 0 Å². The number of nitrogens with zero attached hydrogens (tertiary/aromatic N) is 1. The summed E-state index contributed by atoms with van der Waals surface area (Å²) in [5.74, 6) is 0. The van der Waals surface area contributed by atoms with E-state index in [1.807, 2.05) is 6.07 Å². The van der Waals surface area contributed by atoms with Crippen LogP contribution in [0.2, 0.25) is 0 Å². The largest absolute Gasteiger partial charge is 0.388 e. The Kier molecular flexibility index (Phi) is 4.91. The van der Waals surface area contributed by atoms with Gasteiger partial charge >= 0.3 is 0 Å². The molecule has 1 N–H and O–H groups in total. The van der Waals surface area contributed by atoms with Crippen LogP contribution in [0.3, 0.4) is 0 Å². The average Bonchev–Trinajstić information content (AvgIpc) is 2.37. The van der Waals surface area contributed by atoms with E-state index in [1.54, 1.807) is 30.3 Å². The molecular formula is C14H11Br2NO3. The smallest absolute Gasteiger partial charge is 0.272 e. The molecule has 4 nitrogen and oxygen atoms in total. The number of rotatable bonds is 4. The predicted octanol–water partition coefficient (Wildman–Crippen LogP) is 4.40. The summed E-state index contributed by atoms with van der Waals surface area (Å²) in [5.41, 5.74) is 1.24. The van der Waals surface area contributed by atoms with Gasteiger partial charge < -0.3 is 5.11 Å². The number of hydrogen-bond donors (Lipinski definition) is 1. The first-order valence-corrected chi connectivity index (χ1v) is 7.42. The molecule has 20 heavy (non-hydrogen) atoms. The number of aliphatic hydroxyl groups excluding tert-OH is 1. The van der Waals surface area contributed by atoms with Crippen LogP contribution in [0.1, 0.15) is 17.2 Å². The van der Waals surface area contributed by atoms with Gasteiger partial charge in [0.05, 0.1) is 11.0 Å². The van der Waals surface area contributed by atoms with Gasteiger partial charge in [-0.2, -0.15) is 0 Å². The van der Waals surface area contributed by atoms with E-state index in [0.717, 1.165) is 8.95 Å². The van der Waals surface area contributed by atoms with Gasteiger partial charge in [-0.15, -0.1) is 0 Å². The van der Waals surface area contributed by atoms with E-state index in [1.165, 1.54) is 6.07 Å². The SMILES string of the molecule is O=[N+]([O-])c1ccccc1CC(O)c1cc(Br)cc(Br)c1. The summed E-state index contributed by atoms with van der Waals surface area (Å²) < 4.78 is 1.67. The summed E-state index contributed by atoms with van der Waals surface area (Å²) in [6.07, 6.45) is -0.607. The Bertz CT molecular complexity index is 626. The first-order valence-electron chi connectivity index (χ1n) is 5.83. The number of nitro groups is 1.